The molecule has 1 aromatic heterocycles. The van der Waals surface area contributed by atoms with Crippen molar-refractivity contribution in [1.29, 1.82) is 0 Å². The maximum absolute atomic E-state index is 11.9. The Morgan fingerprint density at radius 1 is 1.19 bits per heavy atom. The van der Waals surface area contributed by atoms with Gasteiger partial charge in [0.2, 0.25) is 11.8 Å². The predicted molar refractivity (Wildman–Crippen MR) is 109 cm³/mol. The van der Waals surface area contributed by atoms with E-state index in [1.807, 2.05) is 26.0 Å². The molecule has 1 atom stereocenters. The highest BCUT2D eigenvalue weighted by molar-refractivity contribution is 5.95. The van der Waals surface area contributed by atoms with E-state index in [-0.39, 0.29) is 49.1 Å². The lowest BCUT2D eigenvalue weighted by Crippen LogP contribution is -2.46. The van der Waals surface area contributed by atoms with Gasteiger partial charge in [-0.25, -0.2) is 4.98 Å². The van der Waals surface area contributed by atoms with Crippen LogP contribution in [0.3, 0.4) is 0 Å². The van der Waals surface area contributed by atoms with Gasteiger partial charge in [-0.15, -0.1) is 24.8 Å². The molecule has 0 radical (unpaired) electrons. The maximum atomic E-state index is 11.9. The Kier molecular flexibility index (Phi) is 11.2. The fraction of sp³-hybridized carbons (Fsp3) is 0.588. The van der Waals surface area contributed by atoms with Crippen molar-refractivity contribution >= 4 is 48.1 Å². The summed E-state index contributed by atoms with van der Waals surface area (Å²) in [6.07, 6.45) is 5.30. The molecule has 0 bridgehead atoms. The van der Waals surface area contributed by atoms with Gasteiger partial charge in [0, 0.05) is 13.1 Å². The molecule has 9 heteroatoms. The Hall–Kier alpha value is -1.57. The molecule has 1 saturated heterocycles. The van der Waals surface area contributed by atoms with Crippen LogP contribution in [0, 0.1) is 5.92 Å². The number of pyridine rings is 1. The number of carbonyl (C=O) groups excluding carboxylic acids is 2. The number of nitrogens with one attached hydrogen (secondary N) is 2. The Morgan fingerprint density at radius 2 is 1.85 bits per heavy atom. The monoisotopic (exact) mass is 405 g/mol. The Bertz CT molecular complexity index is 563. The molecule has 4 N–H and O–H groups in total. The molecule has 7 nitrogen and oxygen atoms in total. The summed E-state index contributed by atoms with van der Waals surface area (Å²) in [6.45, 7) is 5.68. The highest BCUT2D eigenvalue weighted by atomic mass is 35.5. The number of hydrogen-bond acceptors (Lipinski definition) is 5. The lowest BCUT2D eigenvalue weighted by molar-refractivity contribution is -0.125. The summed E-state index contributed by atoms with van der Waals surface area (Å²) in [7, 11) is 0. The van der Waals surface area contributed by atoms with Crippen LogP contribution in [-0.4, -0.2) is 42.5 Å². The molecule has 1 aromatic rings. The van der Waals surface area contributed by atoms with E-state index in [1.165, 1.54) is 19.3 Å². The average molecular weight is 406 g/mol. The van der Waals surface area contributed by atoms with Crippen molar-refractivity contribution in [2.75, 3.05) is 29.9 Å². The van der Waals surface area contributed by atoms with Gasteiger partial charge in [-0.2, -0.15) is 0 Å². The van der Waals surface area contributed by atoms with Crippen LogP contribution in [0.2, 0.25) is 0 Å². The van der Waals surface area contributed by atoms with Gasteiger partial charge in [-0.1, -0.05) is 13.8 Å². The van der Waals surface area contributed by atoms with Gasteiger partial charge in [-0.3, -0.25) is 9.59 Å². The van der Waals surface area contributed by atoms with Crippen molar-refractivity contribution in [2.45, 2.75) is 39.2 Å². The van der Waals surface area contributed by atoms with Crippen LogP contribution in [-0.2, 0) is 9.59 Å². The van der Waals surface area contributed by atoms with Crippen molar-refractivity contribution in [2.24, 2.45) is 11.7 Å². The van der Waals surface area contributed by atoms with Crippen molar-refractivity contribution < 1.29 is 9.59 Å². The summed E-state index contributed by atoms with van der Waals surface area (Å²) in [5, 5.41) is 5.26. The summed E-state index contributed by atoms with van der Waals surface area (Å²) < 4.78 is 0. The predicted octanol–water partition coefficient (Wildman–Crippen LogP) is 1.95. The molecule has 26 heavy (non-hydrogen) atoms. The molecule has 0 unspecified atom stereocenters. The van der Waals surface area contributed by atoms with Gasteiger partial charge in [-0.05, 0) is 37.3 Å². The number of rotatable bonds is 6. The summed E-state index contributed by atoms with van der Waals surface area (Å²) in [5.74, 6) is 0.342. The van der Waals surface area contributed by atoms with Crippen LogP contribution in [0.15, 0.2) is 18.3 Å². The minimum Gasteiger partial charge on any atom is -0.357 e. The standard InChI is InChI=1S/C17H27N5O2.2ClH/c1-12(2)16(18)17(24)20-11-15(23)21-13-6-7-14(19-10-13)22-8-4-3-5-9-22;;/h6-7,10,12,16H,3-5,8-9,11,18H2,1-2H3,(H,20,24)(H,21,23);2*1H/t16-;;/m0../s1. The van der Waals surface area contributed by atoms with Crippen LogP contribution >= 0.6 is 24.8 Å². The molecule has 2 heterocycles. The first-order chi connectivity index (χ1) is 11.5. The number of hydrogen-bond donors (Lipinski definition) is 3. The molecule has 2 rings (SSSR count). The van der Waals surface area contributed by atoms with E-state index in [1.54, 1.807) is 6.20 Å². The first kappa shape index (κ1) is 24.4. The maximum Gasteiger partial charge on any atom is 0.243 e. The minimum absolute atomic E-state index is 0. The molecule has 148 valence electrons. The van der Waals surface area contributed by atoms with E-state index in [0.717, 1.165) is 18.9 Å². The van der Waals surface area contributed by atoms with E-state index in [9.17, 15) is 9.59 Å². The first-order valence-corrected chi connectivity index (χ1v) is 8.51. The number of carbonyl (C=O) groups is 2. The Balaban J connectivity index is 0.00000312. The van der Waals surface area contributed by atoms with Gasteiger partial charge < -0.3 is 21.3 Å². The fourth-order valence-electron chi connectivity index (χ4n) is 2.56. The van der Waals surface area contributed by atoms with E-state index in [0.29, 0.717) is 5.69 Å². The van der Waals surface area contributed by atoms with Crippen molar-refractivity contribution in [3.63, 3.8) is 0 Å². The van der Waals surface area contributed by atoms with Crippen LogP contribution in [0.1, 0.15) is 33.1 Å². The van der Waals surface area contributed by atoms with Gasteiger partial charge >= 0.3 is 0 Å². The SMILES string of the molecule is CC(C)[C@H](N)C(=O)NCC(=O)Nc1ccc(N2CCCCC2)nc1.Cl.Cl. The van der Waals surface area contributed by atoms with E-state index in [4.69, 9.17) is 5.73 Å². The molecule has 1 aliphatic rings. The van der Waals surface area contributed by atoms with Crippen molar-refractivity contribution in [1.82, 2.24) is 10.3 Å². The first-order valence-electron chi connectivity index (χ1n) is 8.51. The fourth-order valence-corrected chi connectivity index (χ4v) is 2.56. The molecule has 0 aromatic carbocycles. The summed E-state index contributed by atoms with van der Waals surface area (Å²) in [4.78, 5) is 30.3. The second-order valence-electron chi connectivity index (χ2n) is 6.49. The number of piperidine rings is 1. The van der Waals surface area contributed by atoms with E-state index < -0.39 is 6.04 Å². The highest BCUT2D eigenvalue weighted by Gasteiger charge is 2.17. The number of anilines is 2. The quantitative estimate of drug-likeness (QED) is 0.671. The van der Waals surface area contributed by atoms with E-state index >= 15 is 0 Å². The summed E-state index contributed by atoms with van der Waals surface area (Å²) in [5.41, 5.74) is 6.34. The summed E-state index contributed by atoms with van der Waals surface area (Å²) in [6, 6.07) is 3.13. The third-order valence-electron chi connectivity index (χ3n) is 4.16. The lowest BCUT2D eigenvalue weighted by atomic mass is 10.1. The molecule has 0 aliphatic carbocycles. The molecular formula is C17H29Cl2N5O2. The number of nitrogens with zero attached hydrogens (tertiary/aromatic N) is 2. The van der Waals surface area contributed by atoms with Crippen LogP contribution < -0.4 is 21.3 Å². The molecule has 1 fully saturated rings. The zero-order valence-corrected chi connectivity index (χ0v) is 16.9. The van der Waals surface area contributed by atoms with Gasteiger partial charge in [0.1, 0.15) is 5.82 Å². The third-order valence-corrected chi connectivity index (χ3v) is 4.16. The number of aromatic nitrogens is 1. The average Bonchev–Trinajstić information content (AvgIpc) is 2.60. The zero-order valence-electron chi connectivity index (χ0n) is 15.2. The zero-order chi connectivity index (χ0) is 17.5. The van der Waals surface area contributed by atoms with Gasteiger partial charge in [0.25, 0.3) is 0 Å². The van der Waals surface area contributed by atoms with Crippen LogP contribution in [0.25, 0.3) is 0 Å². The molecule has 2 amide bonds. The normalized spacial score (nSPS) is 14.7. The van der Waals surface area contributed by atoms with E-state index in [2.05, 4.69) is 20.5 Å². The molecular weight excluding hydrogens is 377 g/mol. The minimum atomic E-state index is -0.608. The number of nitrogens with two attached hydrogens (primary N) is 1. The molecule has 0 saturated carbocycles. The lowest BCUT2D eigenvalue weighted by Gasteiger charge is -2.27. The third kappa shape index (κ3) is 7.35. The summed E-state index contributed by atoms with van der Waals surface area (Å²) >= 11 is 0. The van der Waals surface area contributed by atoms with Crippen molar-refractivity contribution in [3.05, 3.63) is 18.3 Å². The van der Waals surface area contributed by atoms with Crippen LogP contribution in [0.4, 0.5) is 11.5 Å². The van der Waals surface area contributed by atoms with Gasteiger partial charge in [0.05, 0.1) is 24.5 Å². The Morgan fingerprint density at radius 3 is 2.38 bits per heavy atom. The largest absolute Gasteiger partial charge is 0.357 e. The van der Waals surface area contributed by atoms with Gasteiger partial charge in [0.15, 0.2) is 0 Å². The van der Waals surface area contributed by atoms with Crippen LogP contribution in [0.5, 0.6) is 0 Å². The molecule has 1 aliphatic heterocycles. The molecule has 0 spiro atoms. The second-order valence-corrected chi connectivity index (χ2v) is 6.49. The highest BCUT2D eigenvalue weighted by Crippen LogP contribution is 2.18. The number of amides is 2. The topological polar surface area (TPSA) is 100 Å². The smallest absolute Gasteiger partial charge is 0.243 e. The number of halogens is 2. The second kappa shape index (κ2) is 11.9. The van der Waals surface area contributed by atoms with Crippen molar-refractivity contribution in [3.8, 4) is 0 Å². The Labute approximate surface area is 167 Å².